The summed E-state index contributed by atoms with van der Waals surface area (Å²) in [7, 11) is 1.59. The van der Waals surface area contributed by atoms with Crippen molar-refractivity contribution < 1.29 is 4.74 Å². The lowest BCUT2D eigenvalue weighted by Gasteiger charge is -2.07. The number of nitrogens with one attached hydrogen (secondary N) is 1. The van der Waals surface area contributed by atoms with Gasteiger partial charge in [0.25, 0.3) is 5.56 Å². The van der Waals surface area contributed by atoms with E-state index in [1.54, 1.807) is 7.11 Å². The minimum absolute atomic E-state index is 0.119. The van der Waals surface area contributed by atoms with Crippen molar-refractivity contribution in [1.82, 2.24) is 9.55 Å². The predicted molar refractivity (Wildman–Crippen MR) is 93.6 cm³/mol. The Labute approximate surface area is 140 Å². The molecule has 0 aliphatic carbocycles. The van der Waals surface area contributed by atoms with Crippen LogP contribution in [-0.4, -0.2) is 23.3 Å². The van der Waals surface area contributed by atoms with Gasteiger partial charge in [0.05, 0.1) is 18.5 Å². The highest BCUT2D eigenvalue weighted by Gasteiger charge is 2.15. The van der Waals surface area contributed by atoms with Crippen LogP contribution in [0.1, 0.15) is 0 Å². The lowest BCUT2D eigenvalue weighted by atomic mass is 10.1. The van der Waals surface area contributed by atoms with Gasteiger partial charge in [-0.15, -0.1) is 11.3 Å². The van der Waals surface area contributed by atoms with Crippen molar-refractivity contribution in [2.45, 2.75) is 6.54 Å². The van der Waals surface area contributed by atoms with E-state index in [1.165, 1.54) is 15.9 Å². The van der Waals surface area contributed by atoms with Crippen LogP contribution in [0.5, 0.6) is 0 Å². The van der Waals surface area contributed by atoms with Crippen LogP contribution in [0, 0.1) is 4.77 Å². The summed E-state index contributed by atoms with van der Waals surface area (Å²) in [5.41, 5.74) is 1.55. The molecule has 0 fully saturated rings. The van der Waals surface area contributed by atoms with E-state index >= 15 is 0 Å². The first-order valence-electron chi connectivity index (χ1n) is 6.61. The molecule has 0 atom stereocenters. The molecule has 114 valence electrons. The van der Waals surface area contributed by atoms with Crippen LogP contribution < -0.4 is 5.56 Å². The van der Waals surface area contributed by atoms with Gasteiger partial charge in [-0.2, -0.15) is 0 Å². The normalized spacial score (nSPS) is 11.2. The number of hydrogen-bond acceptors (Lipinski definition) is 4. The molecule has 0 bridgehead atoms. The van der Waals surface area contributed by atoms with Gasteiger partial charge in [-0.25, -0.2) is 0 Å². The standard InChI is InChI=1S/C15H13ClN2O2S2/c1-20-7-6-18-14(19)12-10(8-22-13(12)17-15(18)21)9-4-2-3-5-11(9)16/h2-5,8H,6-7H2,1H3,(H,17,21). The van der Waals surface area contributed by atoms with Gasteiger partial charge in [0.2, 0.25) is 0 Å². The van der Waals surface area contributed by atoms with Crippen molar-refractivity contribution in [3.05, 3.63) is 49.8 Å². The Balaban J connectivity index is 2.29. The third kappa shape index (κ3) is 2.63. The summed E-state index contributed by atoms with van der Waals surface area (Å²) in [5.74, 6) is 0. The summed E-state index contributed by atoms with van der Waals surface area (Å²) < 4.78 is 6.97. The lowest BCUT2D eigenvalue weighted by molar-refractivity contribution is 0.185. The molecule has 22 heavy (non-hydrogen) atoms. The topological polar surface area (TPSA) is 47.0 Å². The molecular weight excluding hydrogens is 340 g/mol. The fraction of sp³-hybridized carbons (Fsp3) is 0.200. The lowest BCUT2D eigenvalue weighted by Crippen LogP contribution is -2.23. The average molecular weight is 353 g/mol. The second-order valence-corrected chi connectivity index (χ2v) is 6.39. The minimum Gasteiger partial charge on any atom is -0.383 e. The second-order valence-electron chi connectivity index (χ2n) is 4.71. The Bertz CT molecular complexity index is 943. The third-order valence-corrected chi connectivity index (χ3v) is 4.95. The highest BCUT2D eigenvalue weighted by atomic mass is 35.5. The van der Waals surface area contributed by atoms with Crippen LogP contribution in [-0.2, 0) is 11.3 Å². The highest BCUT2D eigenvalue weighted by Crippen LogP contribution is 2.34. The van der Waals surface area contributed by atoms with Crippen LogP contribution in [0.3, 0.4) is 0 Å². The van der Waals surface area contributed by atoms with Gasteiger partial charge in [-0.05, 0) is 18.3 Å². The number of thiophene rings is 1. The van der Waals surface area contributed by atoms with Crippen molar-refractivity contribution in [3.8, 4) is 11.1 Å². The van der Waals surface area contributed by atoms with Crippen molar-refractivity contribution in [2.24, 2.45) is 0 Å². The second kappa shape index (κ2) is 6.34. The average Bonchev–Trinajstić information content (AvgIpc) is 2.91. The van der Waals surface area contributed by atoms with E-state index in [2.05, 4.69) is 4.98 Å². The van der Waals surface area contributed by atoms with Gasteiger partial charge in [-0.1, -0.05) is 29.8 Å². The smallest absolute Gasteiger partial charge is 0.263 e. The van der Waals surface area contributed by atoms with Gasteiger partial charge in [-0.3, -0.25) is 9.36 Å². The van der Waals surface area contributed by atoms with E-state index in [-0.39, 0.29) is 5.56 Å². The Kier molecular flexibility index (Phi) is 4.44. The summed E-state index contributed by atoms with van der Waals surface area (Å²) in [6, 6.07) is 7.49. The first-order chi connectivity index (χ1) is 10.6. The largest absolute Gasteiger partial charge is 0.383 e. The zero-order valence-electron chi connectivity index (χ0n) is 11.8. The molecule has 0 amide bonds. The van der Waals surface area contributed by atoms with Crippen LogP contribution in [0.4, 0.5) is 0 Å². The van der Waals surface area contributed by atoms with Gasteiger partial charge in [0, 0.05) is 28.6 Å². The quantitative estimate of drug-likeness (QED) is 0.719. The van der Waals surface area contributed by atoms with E-state index in [1.807, 2.05) is 29.6 Å². The number of nitrogens with zero attached hydrogens (tertiary/aromatic N) is 1. The molecular formula is C15H13ClN2O2S2. The SMILES string of the molecule is COCCn1c(=S)[nH]c2scc(-c3ccccc3Cl)c2c1=O. The molecule has 7 heteroatoms. The maximum atomic E-state index is 12.8. The molecule has 3 rings (SSSR count). The maximum absolute atomic E-state index is 12.8. The van der Waals surface area contributed by atoms with E-state index in [9.17, 15) is 4.79 Å². The number of methoxy groups -OCH3 is 1. The van der Waals surface area contributed by atoms with Crippen molar-refractivity contribution in [3.63, 3.8) is 0 Å². The molecule has 2 aromatic heterocycles. The summed E-state index contributed by atoms with van der Waals surface area (Å²) >= 11 is 13.0. The molecule has 0 unspecified atom stereocenters. The van der Waals surface area contributed by atoms with E-state index < -0.39 is 0 Å². The van der Waals surface area contributed by atoms with Crippen molar-refractivity contribution in [1.29, 1.82) is 0 Å². The number of halogens is 1. The molecule has 1 aromatic carbocycles. The first kappa shape index (κ1) is 15.4. The fourth-order valence-corrected chi connectivity index (χ4v) is 3.85. The van der Waals surface area contributed by atoms with Crippen LogP contribution in [0.15, 0.2) is 34.4 Å². The fourth-order valence-electron chi connectivity index (χ4n) is 2.32. The molecule has 0 radical (unpaired) electrons. The summed E-state index contributed by atoms with van der Waals surface area (Å²) in [6.45, 7) is 0.840. The molecule has 0 saturated heterocycles. The maximum Gasteiger partial charge on any atom is 0.263 e. The molecule has 0 spiro atoms. The van der Waals surface area contributed by atoms with E-state index in [0.717, 1.165) is 16.0 Å². The first-order valence-corrected chi connectivity index (χ1v) is 8.28. The van der Waals surface area contributed by atoms with E-state index in [4.69, 9.17) is 28.6 Å². The summed E-state index contributed by atoms with van der Waals surface area (Å²) in [4.78, 5) is 16.7. The number of fused-ring (bicyclic) bond motifs is 1. The Morgan fingerprint density at radius 2 is 2.14 bits per heavy atom. The highest BCUT2D eigenvalue weighted by molar-refractivity contribution is 7.71. The number of H-pyrrole nitrogens is 1. The number of rotatable bonds is 4. The van der Waals surface area contributed by atoms with Crippen molar-refractivity contribution >= 4 is 45.4 Å². The Morgan fingerprint density at radius 1 is 1.36 bits per heavy atom. The van der Waals surface area contributed by atoms with Gasteiger partial charge in [0.1, 0.15) is 4.83 Å². The molecule has 4 nitrogen and oxygen atoms in total. The van der Waals surface area contributed by atoms with Gasteiger partial charge in [0.15, 0.2) is 4.77 Å². The number of aromatic amines is 1. The molecule has 2 heterocycles. The predicted octanol–water partition coefficient (Wildman–Crippen LogP) is 4.09. The molecule has 0 aliphatic heterocycles. The molecule has 0 saturated carbocycles. The van der Waals surface area contributed by atoms with Gasteiger partial charge >= 0.3 is 0 Å². The number of ether oxygens (including phenoxy) is 1. The van der Waals surface area contributed by atoms with Crippen LogP contribution in [0.2, 0.25) is 5.02 Å². The molecule has 1 N–H and O–H groups in total. The number of aromatic nitrogens is 2. The van der Waals surface area contributed by atoms with Crippen LogP contribution in [0.25, 0.3) is 21.3 Å². The minimum atomic E-state index is -0.119. The Morgan fingerprint density at radius 3 is 2.86 bits per heavy atom. The van der Waals surface area contributed by atoms with Crippen LogP contribution >= 0.6 is 35.2 Å². The van der Waals surface area contributed by atoms with Gasteiger partial charge < -0.3 is 9.72 Å². The summed E-state index contributed by atoms with van der Waals surface area (Å²) in [5, 5.41) is 3.16. The molecule has 3 aromatic rings. The number of benzene rings is 1. The third-order valence-electron chi connectivity index (χ3n) is 3.40. The Hall–Kier alpha value is -1.47. The monoisotopic (exact) mass is 352 g/mol. The van der Waals surface area contributed by atoms with Crippen molar-refractivity contribution in [2.75, 3.05) is 13.7 Å². The zero-order chi connectivity index (χ0) is 15.7. The zero-order valence-corrected chi connectivity index (χ0v) is 14.1. The molecule has 0 aliphatic rings. The summed E-state index contributed by atoms with van der Waals surface area (Å²) in [6.07, 6.45) is 0. The van der Waals surface area contributed by atoms with E-state index in [0.29, 0.717) is 28.3 Å². The number of hydrogen-bond donors (Lipinski definition) is 1.